The second-order valence-corrected chi connectivity index (χ2v) is 4.64. The summed E-state index contributed by atoms with van der Waals surface area (Å²) >= 11 is 1.91. The smallest absolute Gasteiger partial charge is 0.122 e. The largest absolute Gasteiger partial charge is 0.492 e. The van der Waals surface area contributed by atoms with Gasteiger partial charge in [0.2, 0.25) is 0 Å². The molecular formula is C12H18OS. The molecule has 0 saturated heterocycles. The molecule has 1 aromatic carbocycles. The zero-order valence-electron chi connectivity index (χ0n) is 9.17. The molecule has 0 N–H and O–H groups in total. The number of thioether (sulfide) groups is 1. The summed E-state index contributed by atoms with van der Waals surface area (Å²) in [5, 5.41) is 0. The molecular weight excluding hydrogens is 192 g/mol. The molecule has 0 heterocycles. The maximum absolute atomic E-state index is 5.70. The average Bonchev–Trinajstić information content (AvgIpc) is 2.19. The van der Waals surface area contributed by atoms with Crippen LogP contribution < -0.4 is 4.74 Å². The summed E-state index contributed by atoms with van der Waals surface area (Å²) in [5.41, 5.74) is 2.56. The number of hydrogen-bond acceptors (Lipinski definition) is 2. The van der Waals surface area contributed by atoms with Crippen LogP contribution in [0.25, 0.3) is 0 Å². The van der Waals surface area contributed by atoms with E-state index >= 15 is 0 Å². The summed E-state index contributed by atoms with van der Waals surface area (Å²) in [6.45, 7) is 7.20. The molecule has 0 aliphatic carbocycles. The molecule has 2 heteroatoms. The molecule has 0 fully saturated rings. The van der Waals surface area contributed by atoms with E-state index in [-0.39, 0.29) is 0 Å². The van der Waals surface area contributed by atoms with Crippen LogP contribution in [0.2, 0.25) is 0 Å². The summed E-state index contributed by atoms with van der Waals surface area (Å²) in [4.78, 5) is 0. The number of hydrogen-bond donors (Lipinski definition) is 0. The number of ether oxygens (including phenoxy) is 1. The van der Waals surface area contributed by atoms with Crippen molar-refractivity contribution in [2.24, 2.45) is 0 Å². The van der Waals surface area contributed by atoms with Gasteiger partial charge in [-0.15, -0.1) is 0 Å². The van der Waals surface area contributed by atoms with E-state index in [4.69, 9.17) is 4.74 Å². The van der Waals surface area contributed by atoms with Crippen molar-refractivity contribution >= 4 is 11.8 Å². The topological polar surface area (TPSA) is 9.23 Å². The van der Waals surface area contributed by atoms with Gasteiger partial charge in [-0.25, -0.2) is 0 Å². The molecule has 0 atom stereocenters. The Morgan fingerprint density at radius 3 is 2.79 bits per heavy atom. The van der Waals surface area contributed by atoms with Crippen LogP contribution in [0.1, 0.15) is 18.1 Å². The van der Waals surface area contributed by atoms with Gasteiger partial charge >= 0.3 is 0 Å². The van der Waals surface area contributed by atoms with Gasteiger partial charge in [0.1, 0.15) is 5.75 Å². The van der Waals surface area contributed by atoms with Crippen LogP contribution in [0.3, 0.4) is 0 Å². The van der Waals surface area contributed by atoms with Crippen LogP contribution in [-0.4, -0.2) is 18.1 Å². The van der Waals surface area contributed by atoms with Gasteiger partial charge in [0.15, 0.2) is 0 Å². The molecule has 0 aliphatic heterocycles. The van der Waals surface area contributed by atoms with Crippen LogP contribution in [0, 0.1) is 13.8 Å². The quantitative estimate of drug-likeness (QED) is 0.689. The summed E-state index contributed by atoms with van der Waals surface area (Å²) in [6.07, 6.45) is 0. The van der Waals surface area contributed by atoms with Gasteiger partial charge in [0.25, 0.3) is 0 Å². The van der Waals surface area contributed by atoms with Gasteiger partial charge in [-0.05, 0) is 36.8 Å². The minimum absolute atomic E-state index is 0.808. The first-order chi connectivity index (χ1) is 6.75. The summed E-state index contributed by atoms with van der Waals surface area (Å²) in [7, 11) is 0. The molecule has 0 saturated carbocycles. The average molecular weight is 210 g/mol. The highest BCUT2D eigenvalue weighted by molar-refractivity contribution is 7.99. The molecule has 1 rings (SSSR count). The third-order valence-corrected chi connectivity index (χ3v) is 3.11. The van der Waals surface area contributed by atoms with Crippen LogP contribution in [0.5, 0.6) is 5.75 Å². The molecule has 0 bridgehead atoms. The molecule has 0 amide bonds. The Morgan fingerprint density at radius 2 is 2.07 bits per heavy atom. The molecule has 0 spiro atoms. The molecule has 0 aromatic heterocycles. The van der Waals surface area contributed by atoms with E-state index in [1.807, 2.05) is 23.9 Å². The fourth-order valence-corrected chi connectivity index (χ4v) is 1.73. The highest BCUT2D eigenvalue weighted by Crippen LogP contribution is 2.20. The second kappa shape index (κ2) is 5.97. The lowest BCUT2D eigenvalue weighted by Crippen LogP contribution is -2.02. The normalized spacial score (nSPS) is 10.2. The summed E-state index contributed by atoms with van der Waals surface area (Å²) < 4.78 is 5.70. The summed E-state index contributed by atoms with van der Waals surface area (Å²) in [5.74, 6) is 3.27. The van der Waals surface area contributed by atoms with Crippen molar-refractivity contribution in [1.82, 2.24) is 0 Å². The van der Waals surface area contributed by atoms with Gasteiger partial charge in [-0.1, -0.05) is 19.1 Å². The van der Waals surface area contributed by atoms with E-state index < -0.39 is 0 Å². The Labute approximate surface area is 90.9 Å². The zero-order chi connectivity index (χ0) is 10.4. The third-order valence-electron chi connectivity index (χ3n) is 2.24. The number of benzene rings is 1. The van der Waals surface area contributed by atoms with E-state index in [0.29, 0.717) is 0 Å². The first kappa shape index (κ1) is 11.4. The lowest BCUT2D eigenvalue weighted by Gasteiger charge is -2.10. The molecule has 78 valence electrons. The Morgan fingerprint density at radius 1 is 1.29 bits per heavy atom. The van der Waals surface area contributed by atoms with Gasteiger partial charge < -0.3 is 4.74 Å². The Balaban J connectivity index is 2.46. The maximum atomic E-state index is 5.70. The van der Waals surface area contributed by atoms with Crippen LogP contribution in [-0.2, 0) is 0 Å². The van der Waals surface area contributed by atoms with Crippen LogP contribution in [0.4, 0.5) is 0 Å². The minimum atomic E-state index is 0.808. The third kappa shape index (κ3) is 3.26. The van der Waals surface area contributed by atoms with Crippen LogP contribution in [0.15, 0.2) is 18.2 Å². The molecule has 14 heavy (non-hydrogen) atoms. The van der Waals surface area contributed by atoms with E-state index in [0.717, 1.165) is 23.9 Å². The number of rotatable bonds is 5. The Hall–Kier alpha value is -0.630. The first-order valence-corrected chi connectivity index (χ1v) is 6.18. The van der Waals surface area contributed by atoms with Gasteiger partial charge in [-0.3, -0.25) is 0 Å². The van der Waals surface area contributed by atoms with Gasteiger partial charge in [-0.2, -0.15) is 11.8 Å². The predicted molar refractivity (Wildman–Crippen MR) is 64.4 cm³/mol. The maximum Gasteiger partial charge on any atom is 0.122 e. The van der Waals surface area contributed by atoms with Crippen molar-refractivity contribution in [3.05, 3.63) is 29.3 Å². The van der Waals surface area contributed by atoms with Gasteiger partial charge in [0, 0.05) is 5.75 Å². The Kier molecular flexibility index (Phi) is 4.88. The molecule has 1 aromatic rings. The number of aryl methyl sites for hydroxylation is 1. The second-order valence-electron chi connectivity index (χ2n) is 3.24. The monoisotopic (exact) mass is 210 g/mol. The highest BCUT2D eigenvalue weighted by atomic mass is 32.2. The standard InChI is InChI=1S/C12H18OS/c1-4-14-9-8-13-12-7-5-6-10(2)11(12)3/h5-7H,4,8-9H2,1-3H3. The van der Waals surface area contributed by atoms with Crippen molar-refractivity contribution in [2.45, 2.75) is 20.8 Å². The van der Waals surface area contributed by atoms with Crippen molar-refractivity contribution in [1.29, 1.82) is 0 Å². The SMILES string of the molecule is CCSCCOc1cccc(C)c1C. The summed E-state index contributed by atoms with van der Waals surface area (Å²) in [6, 6.07) is 6.20. The lowest BCUT2D eigenvalue weighted by molar-refractivity contribution is 0.341. The van der Waals surface area contributed by atoms with Gasteiger partial charge in [0.05, 0.1) is 6.61 Å². The molecule has 1 nitrogen and oxygen atoms in total. The molecule has 0 aliphatic rings. The van der Waals surface area contributed by atoms with E-state index in [1.54, 1.807) is 0 Å². The fourth-order valence-electron chi connectivity index (χ4n) is 1.24. The van der Waals surface area contributed by atoms with Crippen molar-refractivity contribution in [2.75, 3.05) is 18.1 Å². The Bertz CT molecular complexity index is 284. The van der Waals surface area contributed by atoms with Crippen molar-refractivity contribution in [3.63, 3.8) is 0 Å². The van der Waals surface area contributed by atoms with Crippen LogP contribution >= 0.6 is 11.8 Å². The lowest BCUT2D eigenvalue weighted by atomic mass is 10.1. The first-order valence-electron chi connectivity index (χ1n) is 5.02. The zero-order valence-corrected chi connectivity index (χ0v) is 9.99. The predicted octanol–water partition coefficient (Wildman–Crippen LogP) is 3.44. The minimum Gasteiger partial charge on any atom is -0.492 e. The van der Waals surface area contributed by atoms with Crippen molar-refractivity contribution in [3.8, 4) is 5.75 Å². The van der Waals surface area contributed by atoms with E-state index in [9.17, 15) is 0 Å². The molecule has 0 unspecified atom stereocenters. The molecule has 0 radical (unpaired) electrons. The van der Waals surface area contributed by atoms with E-state index in [1.165, 1.54) is 11.1 Å². The fraction of sp³-hybridized carbons (Fsp3) is 0.500. The van der Waals surface area contributed by atoms with E-state index in [2.05, 4.69) is 26.8 Å². The highest BCUT2D eigenvalue weighted by Gasteiger charge is 2.00. The van der Waals surface area contributed by atoms with Crippen molar-refractivity contribution < 1.29 is 4.74 Å².